The van der Waals surface area contributed by atoms with E-state index < -0.39 is 5.69 Å². The van der Waals surface area contributed by atoms with Crippen molar-refractivity contribution in [2.75, 3.05) is 18.5 Å². The lowest BCUT2D eigenvalue weighted by Crippen LogP contribution is -2.35. The summed E-state index contributed by atoms with van der Waals surface area (Å²) in [6, 6.07) is 9.50. The van der Waals surface area contributed by atoms with E-state index in [2.05, 4.69) is 27.0 Å². The van der Waals surface area contributed by atoms with E-state index in [1.807, 2.05) is 30.1 Å². The first-order valence-corrected chi connectivity index (χ1v) is 7.02. The van der Waals surface area contributed by atoms with Crippen molar-refractivity contribution < 1.29 is 0 Å². The van der Waals surface area contributed by atoms with Gasteiger partial charge in [-0.3, -0.25) is 14.3 Å². The molecule has 0 spiro atoms. The van der Waals surface area contributed by atoms with Crippen LogP contribution in [-0.2, 0) is 13.5 Å². The molecule has 1 N–H and O–H groups in total. The Morgan fingerprint density at radius 3 is 2.70 bits per heavy atom. The molecule has 0 saturated heterocycles. The van der Waals surface area contributed by atoms with Crippen LogP contribution < -0.4 is 16.1 Å². The first-order chi connectivity index (χ1) is 9.47. The van der Waals surface area contributed by atoms with Crippen molar-refractivity contribution in [2.45, 2.75) is 6.42 Å². The Morgan fingerprint density at radius 1 is 1.30 bits per heavy atom. The van der Waals surface area contributed by atoms with Crippen molar-refractivity contribution in [3.63, 3.8) is 0 Å². The van der Waals surface area contributed by atoms with Gasteiger partial charge >= 0.3 is 5.69 Å². The molecule has 1 heterocycles. The third-order valence-electron chi connectivity index (χ3n) is 3.17. The average Bonchev–Trinajstić information content (AvgIpc) is 2.41. The molecule has 0 fully saturated rings. The predicted molar refractivity (Wildman–Crippen MR) is 83.4 cm³/mol. The molecule has 0 aliphatic carbocycles. The van der Waals surface area contributed by atoms with Crippen molar-refractivity contribution in [1.29, 1.82) is 0 Å². The fourth-order valence-electron chi connectivity index (χ4n) is 1.86. The lowest BCUT2D eigenvalue weighted by molar-refractivity contribution is 0.758. The second-order valence-electron chi connectivity index (χ2n) is 4.66. The molecule has 1 aromatic heterocycles. The number of rotatable bonds is 4. The summed E-state index contributed by atoms with van der Waals surface area (Å²) in [5, 5.41) is 0. The lowest BCUT2D eigenvalue weighted by Gasteiger charge is -2.18. The van der Waals surface area contributed by atoms with E-state index in [4.69, 9.17) is 0 Å². The largest absolute Gasteiger partial charge is 0.361 e. The maximum absolute atomic E-state index is 11.6. The fourth-order valence-corrected chi connectivity index (χ4v) is 2.31. The van der Waals surface area contributed by atoms with E-state index in [0.29, 0.717) is 12.4 Å². The van der Waals surface area contributed by atoms with E-state index in [0.717, 1.165) is 15.5 Å². The van der Waals surface area contributed by atoms with Crippen LogP contribution in [0, 0.1) is 0 Å². The molecule has 20 heavy (non-hydrogen) atoms. The van der Waals surface area contributed by atoms with Crippen LogP contribution in [0.1, 0.15) is 5.56 Å². The molecule has 0 radical (unpaired) electrons. The average molecular weight is 338 g/mol. The number of hydrogen-bond acceptors (Lipinski definition) is 3. The summed E-state index contributed by atoms with van der Waals surface area (Å²) in [6.45, 7) is 0.708. The summed E-state index contributed by atoms with van der Waals surface area (Å²) in [6.07, 6.45) is 0.827. The lowest BCUT2D eigenvalue weighted by atomic mass is 10.1. The van der Waals surface area contributed by atoms with Crippen molar-refractivity contribution in [3.8, 4) is 0 Å². The first kappa shape index (κ1) is 14.6. The quantitative estimate of drug-likeness (QED) is 0.920. The summed E-state index contributed by atoms with van der Waals surface area (Å²) >= 11 is 3.44. The van der Waals surface area contributed by atoms with Gasteiger partial charge in [0.25, 0.3) is 5.56 Å². The minimum atomic E-state index is -0.401. The standard InChI is InChI=1S/C14H16BrN3O2/c1-17(7-6-10-4-3-5-11(15)8-10)12-9-13(19)18(2)14(20)16-12/h3-5,8-9H,6-7H2,1-2H3,(H,16,20). The first-order valence-electron chi connectivity index (χ1n) is 6.23. The molecule has 2 rings (SSSR count). The zero-order valence-electron chi connectivity index (χ0n) is 11.4. The van der Waals surface area contributed by atoms with Crippen LogP contribution in [0.15, 0.2) is 44.4 Å². The Balaban J connectivity index is 2.11. The highest BCUT2D eigenvalue weighted by atomic mass is 79.9. The highest BCUT2D eigenvalue weighted by molar-refractivity contribution is 9.10. The zero-order chi connectivity index (χ0) is 14.7. The third kappa shape index (κ3) is 3.39. The monoisotopic (exact) mass is 337 g/mol. The molecule has 6 heteroatoms. The molecule has 0 saturated carbocycles. The second-order valence-corrected chi connectivity index (χ2v) is 5.57. The highest BCUT2D eigenvalue weighted by Crippen LogP contribution is 2.13. The maximum Gasteiger partial charge on any atom is 0.329 e. The summed E-state index contributed by atoms with van der Waals surface area (Å²) < 4.78 is 2.09. The molecule has 0 amide bonds. The van der Waals surface area contributed by atoms with Crippen molar-refractivity contribution in [3.05, 3.63) is 61.2 Å². The van der Waals surface area contributed by atoms with Crippen molar-refractivity contribution in [2.24, 2.45) is 7.05 Å². The van der Waals surface area contributed by atoms with Gasteiger partial charge in [-0.15, -0.1) is 0 Å². The van der Waals surface area contributed by atoms with Gasteiger partial charge in [-0.05, 0) is 24.1 Å². The van der Waals surface area contributed by atoms with Gasteiger partial charge in [-0.2, -0.15) is 0 Å². The molecular formula is C14H16BrN3O2. The van der Waals surface area contributed by atoms with Gasteiger partial charge < -0.3 is 4.90 Å². The molecule has 0 bridgehead atoms. The van der Waals surface area contributed by atoms with Crippen LogP contribution in [0.25, 0.3) is 0 Å². The smallest absolute Gasteiger partial charge is 0.329 e. The van der Waals surface area contributed by atoms with Crippen molar-refractivity contribution in [1.82, 2.24) is 9.55 Å². The van der Waals surface area contributed by atoms with Crippen LogP contribution in [0.5, 0.6) is 0 Å². The molecule has 0 atom stereocenters. The number of nitrogens with one attached hydrogen (secondary N) is 1. The number of halogens is 1. The van der Waals surface area contributed by atoms with Crippen LogP contribution in [0.3, 0.4) is 0 Å². The van der Waals surface area contributed by atoms with E-state index in [9.17, 15) is 9.59 Å². The van der Waals surface area contributed by atoms with Crippen LogP contribution >= 0.6 is 15.9 Å². The van der Waals surface area contributed by atoms with E-state index in [1.54, 1.807) is 0 Å². The Morgan fingerprint density at radius 2 is 2.05 bits per heavy atom. The Labute approximate surface area is 125 Å². The van der Waals surface area contributed by atoms with Gasteiger partial charge in [0.15, 0.2) is 0 Å². The SMILES string of the molecule is CN(CCc1cccc(Br)c1)c1cc(=O)n(C)c(=O)[nH]1. The van der Waals surface area contributed by atoms with E-state index in [-0.39, 0.29) is 5.56 Å². The Hall–Kier alpha value is -1.82. The summed E-state index contributed by atoms with van der Waals surface area (Å²) in [7, 11) is 3.30. The molecule has 1 aromatic carbocycles. The minimum absolute atomic E-state index is 0.307. The number of hydrogen-bond donors (Lipinski definition) is 1. The van der Waals surface area contributed by atoms with Gasteiger partial charge in [0.2, 0.25) is 0 Å². The van der Waals surface area contributed by atoms with Crippen LogP contribution in [-0.4, -0.2) is 23.1 Å². The normalized spacial score (nSPS) is 10.6. The number of aromatic amines is 1. The number of nitrogens with zero attached hydrogens (tertiary/aromatic N) is 2. The van der Waals surface area contributed by atoms with Gasteiger partial charge in [0.1, 0.15) is 5.82 Å². The van der Waals surface area contributed by atoms with Gasteiger partial charge in [0, 0.05) is 31.2 Å². The number of likely N-dealkylation sites (N-methyl/N-ethyl adjacent to an activating group) is 1. The second kappa shape index (κ2) is 6.09. The Bertz CT molecular complexity index is 690. The highest BCUT2D eigenvalue weighted by Gasteiger charge is 2.06. The molecular weight excluding hydrogens is 322 g/mol. The summed E-state index contributed by atoms with van der Waals surface area (Å²) in [5.74, 6) is 0.535. The molecule has 106 valence electrons. The summed E-state index contributed by atoms with van der Waals surface area (Å²) in [5.41, 5.74) is 0.484. The third-order valence-corrected chi connectivity index (χ3v) is 3.66. The minimum Gasteiger partial charge on any atom is -0.361 e. The van der Waals surface area contributed by atoms with Gasteiger partial charge in [-0.1, -0.05) is 28.1 Å². The van der Waals surface area contributed by atoms with E-state index in [1.165, 1.54) is 18.7 Å². The number of H-pyrrole nitrogens is 1. The Kier molecular flexibility index (Phi) is 4.44. The number of anilines is 1. The predicted octanol–water partition coefficient (Wildman–Crippen LogP) is 1.51. The fraction of sp³-hybridized carbons (Fsp3) is 0.286. The zero-order valence-corrected chi connectivity index (χ0v) is 13.0. The molecule has 2 aromatic rings. The van der Waals surface area contributed by atoms with Gasteiger partial charge in [0.05, 0.1) is 0 Å². The topological polar surface area (TPSA) is 58.1 Å². The number of aromatic nitrogens is 2. The molecule has 0 unspecified atom stereocenters. The van der Waals surface area contributed by atoms with Gasteiger partial charge in [-0.25, -0.2) is 4.79 Å². The summed E-state index contributed by atoms with van der Waals surface area (Å²) in [4.78, 5) is 27.7. The maximum atomic E-state index is 11.6. The number of benzene rings is 1. The molecule has 0 aliphatic heterocycles. The van der Waals surface area contributed by atoms with Crippen molar-refractivity contribution >= 4 is 21.7 Å². The van der Waals surface area contributed by atoms with E-state index >= 15 is 0 Å². The van der Waals surface area contributed by atoms with Crippen LogP contribution in [0.2, 0.25) is 0 Å². The molecule has 0 aliphatic rings. The molecule has 5 nitrogen and oxygen atoms in total. The van der Waals surface area contributed by atoms with Crippen LogP contribution in [0.4, 0.5) is 5.82 Å².